The van der Waals surface area contributed by atoms with E-state index in [1.54, 1.807) is 7.11 Å². The number of hydrogen-bond donors (Lipinski definition) is 2. The molecule has 5 heteroatoms. The number of carbonyl (C=O) groups excluding carboxylic acids is 1. The second-order valence-corrected chi connectivity index (χ2v) is 7.97. The first-order valence-corrected chi connectivity index (χ1v) is 9.89. The molecule has 26 heavy (non-hydrogen) atoms. The lowest BCUT2D eigenvalue weighted by atomic mass is 9.84. The molecule has 0 aromatic heterocycles. The molecule has 0 radical (unpaired) electrons. The van der Waals surface area contributed by atoms with Gasteiger partial charge in [0.2, 0.25) is 5.91 Å². The molecular weight excluding hydrogens is 328 g/mol. The quantitative estimate of drug-likeness (QED) is 0.847. The van der Waals surface area contributed by atoms with Gasteiger partial charge in [0.05, 0.1) is 19.3 Å². The molecule has 1 aliphatic carbocycles. The minimum Gasteiger partial charge on any atom is -0.497 e. The summed E-state index contributed by atoms with van der Waals surface area (Å²) in [6, 6.07) is 7.98. The Bertz CT molecular complexity index is 594. The molecule has 3 rings (SSSR count). The monoisotopic (exact) mass is 360 g/mol. The largest absolute Gasteiger partial charge is 0.497 e. The van der Waals surface area contributed by atoms with Crippen LogP contribution in [-0.4, -0.2) is 48.7 Å². The summed E-state index contributed by atoms with van der Waals surface area (Å²) >= 11 is 0. The maximum absolute atomic E-state index is 12.4. The highest BCUT2D eigenvalue weighted by atomic mass is 16.5. The number of hydrogen-bond acceptors (Lipinski definition) is 4. The Morgan fingerprint density at radius 2 is 1.88 bits per heavy atom. The predicted octanol–water partition coefficient (Wildman–Crippen LogP) is 2.67. The van der Waals surface area contributed by atoms with E-state index in [4.69, 9.17) is 4.74 Å². The van der Waals surface area contributed by atoms with Crippen molar-refractivity contribution in [3.05, 3.63) is 29.8 Å². The summed E-state index contributed by atoms with van der Waals surface area (Å²) in [5, 5.41) is 14.2. The third-order valence-electron chi connectivity index (χ3n) is 6.14. The summed E-state index contributed by atoms with van der Waals surface area (Å²) in [5.41, 5.74) is 0.121. The van der Waals surface area contributed by atoms with E-state index in [0.717, 1.165) is 30.8 Å². The summed E-state index contributed by atoms with van der Waals surface area (Å²) in [6.07, 6.45) is 6.10. The number of nitrogens with zero attached hydrogens (tertiary/aromatic N) is 1. The van der Waals surface area contributed by atoms with Crippen LogP contribution in [0.5, 0.6) is 5.75 Å². The van der Waals surface area contributed by atoms with E-state index < -0.39 is 5.60 Å². The lowest BCUT2D eigenvalue weighted by molar-refractivity contribution is -0.124. The maximum atomic E-state index is 12.4. The van der Waals surface area contributed by atoms with Gasteiger partial charge in [0.25, 0.3) is 0 Å². The van der Waals surface area contributed by atoms with Gasteiger partial charge in [0.1, 0.15) is 5.75 Å². The van der Waals surface area contributed by atoms with Gasteiger partial charge in [-0.05, 0) is 49.3 Å². The Morgan fingerprint density at radius 1 is 1.23 bits per heavy atom. The molecule has 1 aliphatic heterocycles. The number of aliphatic hydroxyl groups is 1. The SMILES string of the molecule is COc1ccc(C2(O)CCN(CC(=O)N[C@H]3CCCC[C@@H]3C)CC2)cc1. The molecule has 2 aliphatic rings. The van der Waals surface area contributed by atoms with Crippen molar-refractivity contribution in [2.24, 2.45) is 5.92 Å². The standard InChI is InChI=1S/C21H32N2O3/c1-16-5-3-4-6-19(16)22-20(24)15-23-13-11-21(25,12-14-23)17-7-9-18(26-2)10-8-17/h7-10,16,19,25H,3-6,11-15H2,1-2H3,(H,22,24)/t16-,19-/m0/s1. The van der Waals surface area contributed by atoms with Crippen LogP contribution in [0.25, 0.3) is 0 Å². The van der Waals surface area contributed by atoms with Crippen molar-refractivity contribution in [1.29, 1.82) is 0 Å². The van der Waals surface area contributed by atoms with E-state index in [1.807, 2.05) is 24.3 Å². The number of methoxy groups -OCH3 is 1. The second kappa shape index (κ2) is 8.40. The molecule has 144 valence electrons. The van der Waals surface area contributed by atoms with Crippen molar-refractivity contribution in [2.75, 3.05) is 26.7 Å². The first-order chi connectivity index (χ1) is 12.5. The lowest BCUT2D eigenvalue weighted by Gasteiger charge is -2.38. The molecule has 2 N–H and O–H groups in total. The minimum atomic E-state index is -0.808. The Labute approximate surface area is 156 Å². The van der Waals surface area contributed by atoms with Gasteiger partial charge in [0.15, 0.2) is 0 Å². The van der Waals surface area contributed by atoms with Gasteiger partial charge < -0.3 is 15.2 Å². The van der Waals surface area contributed by atoms with Crippen LogP contribution in [0.4, 0.5) is 0 Å². The highest BCUT2D eigenvalue weighted by Crippen LogP contribution is 2.33. The van der Waals surface area contributed by atoms with Gasteiger partial charge in [-0.25, -0.2) is 0 Å². The number of rotatable bonds is 5. The molecule has 0 spiro atoms. The maximum Gasteiger partial charge on any atom is 0.234 e. The van der Waals surface area contributed by atoms with Crippen molar-refractivity contribution in [2.45, 2.75) is 57.1 Å². The fraction of sp³-hybridized carbons (Fsp3) is 0.667. The van der Waals surface area contributed by atoms with Gasteiger partial charge in [-0.3, -0.25) is 9.69 Å². The Kier molecular flexibility index (Phi) is 6.20. The van der Waals surface area contributed by atoms with Crippen molar-refractivity contribution in [3.8, 4) is 5.75 Å². The zero-order valence-electron chi connectivity index (χ0n) is 16.0. The van der Waals surface area contributed by atoms with Gasteiger partial charge in [-0.15, -0.1) is 0 Å². The fourth-order valence-electron chi connectivity index (χ4n) is 4.26. The fourth-order valence-corrected chi connectivity index (χ4v) is 4.26. The molecule has 1 amide bonds. The zero-order chi connectivity index (χ0) is 18.6. The first kappa shape index (κ1) is 19.2. The highest BCUT2D eigenvalue weighted by Gasteiger charge is 2.34. The smallest absolute Gasteiger partial charge is 0.234 e. The predicted molar refractivity (Wildman–Crippen MR) is 102 cm³/mol. The van der Waals surface area contributed by atoms with E-state index >= 15 is 0 Å². The van der Waals surface area contributed by atoms with Gasteiger partial charge in [0, 0.05) is 19.1 Å². The van der Waals surface area contributed by atoms with Crippen LogP contribution in [0.15, 0.2) is 24.3 Å². The summed E-state index contributed by atoms with van der Waals surface area (Å²) in [6.45, 7) is 4.13. The second-order valence-electron chi connectivity index (χ2n) is 7.97. The van der Waals surface area contributed by atoms with E-state index in [0.29, 0.717) is 31.3 Å². The normalized spacial score (nSPS) is 26.3. The molecule has 0 bridgehead atoms. The number of amides is 1. The molecule has 1 saturated heterocycles. The van der Waals surface area contributed by atoms with Crippen LogP contribution in [0, 0.1) is 5.92 Å². The number of carbonyl (C=O) groups is 1. The number of ether oxygens (including phenoxy) is 1. The van der Waals surface area contributed by atoms with Crippen LogP contribution in [0.3, 0.4) is 0 Å². The van der Waals surface area contributed by atoms with Gasteiger partial charge in [-0.1, -0.05) is 31.9 Å². The first-order valence-electron chi connectivity index (χ1n) is 9.89. The van der Waals surface area contributed by atoms with Crippen molar-refractivity contribution in [1.82, 2.24) is 10.2 Å². The zero-order valence-corrected chi connectivity index (χ0v) is 16.0. The average molecular weight is 360 g/mol. The molecule has 1 aromatic carbocycles. The number of nitrogens with one attached hydrogen (secondary N) is 1. The molecule has 2 atom stereocenters. The third kappa shape index (κ3) is 4.57. The van der Waals surface area contributed by atoms with E-state index in [9.17, 15) is 9.90 Å². The van der Waals surface area contributed by atoms with Crippen LogP contribution in [0.1, 0.15) is 51.0 Å². The number of benzene rings is 1. The molecule has 0 unspecified atom stereocenters. The van der Waals surface area contributed by atoms with Crippen LogP contribution >= 0.6 is 0 Å². The van der Waals surface area contributed by atoms with Crippen molar-refractivity contribution >= 4 is 5.91 Å². The van der Waals surface area contributed by atoms with Gasteiger partial charge in [-0.2, -0.15) is 0 Å². The summed E-state index contributed by atoms with van der Waals surface area (Å²) in [5.74, 6) is 1.50. The third-order valence-corrected chi connectivity index (χ3v) is 6.14. The number of piperidine rings is 1. The summed E-state index contributed by atoms with van der Waals surface area (Å²) in [7, 11) is 1.64. The summed E-state index contributed by atoms with van der Waals surface area (Å²) < 4.78 is 5.19. The summed E-state index contributed by atoms with van der Waals surface area (Å²) in [4.78, 5) is 14.6. The molecule has 1 aromatic rings. The topological polar surface area (TPSA) is 61.8 Å². The molecule has 5 nitrogen and oxygen atoms in total. The van der Waals surface area contributed by atoms with Crippen LogP contribution < -0.4 is 10.1 Å². The van der Waals surface area contributed by atoms with Crippen molar-refractivity contribution in [3.63, 3.8) is 0 Å². The Hall–Kier alpha value is -1.59. The van der Waals surface area contributed by atoms with E-state index in [2.05, 4.69) is 17.1 Å². The van der Waals surface area contributed by atoms with Crippen LogP contribution in [0.2, 0.25) is 0 Å². The average Bonchev–Trinajstić information content (AvgIpc) is 2.66. The van der Waals surface area contributed by atoms with E-state index in [-0.39, 0.29) is 5.91 Å². The highest BCUT2D eigenvalue weighted by molar-refractivity contribution is 5.78. The van der Waals surface area contributed by atoms with E-state index in [1.165, 1.54) is 19.3 Å². The van der Waals surface area contributed by atoms with Gasteiger partial charge >= 0.3 is 0 Å². The number of likely N-dealkylation sites (tertiary alicyclic amines) is 1. The molecule has 1 saturated carbocycles. The Balaban J connectivity index is 1.48. The van der Waals surface area contributed by atoms with Crippen LogP contribution in [-0.2, 0) is 10.4 Å². The lowest BCUT2D eigenvalue weighted by Crippen LogP contribution is -2.49. The van der Waals surface area contributed by atoms with Crippen molar-refractivity contribution < 1.29 is 14.6 Å². The Morgan fingerprint density at radius 3 is 2.50 bits per heavy atom. The molecular formula is C21H32N2O3. The molecule has 1 heterocycles. The molecule has 2 fully saturated rings. The minimum absolute atomic E-state index is 0.124.